The van der Waals surface area contributed by atoms with Crippen LogP contribution in [0.25, 0.3) is 11.4 Å². The molecular weight excluding hydrogens is 292 g/mol. The van der Waals surface area contributed by atoms with Gasteiger partial charge in [0.25, 0.3) is 0 Å². The first-order valence-corrected chi connectivity index (χ1v) is 7.72. The Balaban J connectivity index is 1.92. The maximum Gasteiger partial charge on any atom is 0.235 e. The smallest absolute Gasteiger partial charge is 0.235 e. The summed E-state index contributed by atoms with van der Waals surface area (Å²) in [5, 5.41) is 20.5. The first kappa shape index (κ1) is 15.1. The van der Waals surface area contributed by atoms with E-state index in [-0.39, 0.29) is 11.6 Å². The summed E-state index contributed by atoms with van der Waals surface area (Å²) in [5.74, 6) is -0.135. The molecule has 3 heterocycles. The quantitative estimate of drug-likeness (QED) is 0.734. The van der Waals surface area contributed by atoms with Crippen molar-refractivity contribution in [3.05, 3.63) is 48.7 Å². The van der Waals surface area contributed by atoms with Crippen LogP contribution in [0.5, 0.6) is 11.6 Å². The average molecular weight is 312 g/mol. The largest absolute Gasteiger partial charge is 0.503 e. The minimum absolute atomic E-state index is 0.0456. The fraction of sp³-hybridized carbons (Fsp3) is 0.294. The molecule has 0 amide bonds. The van der Waals surface area contributed by atoms with Gasteiger partial charge in [0.15, 0.2) is 5.75 Å². The summed E-state index contributed by atoms with van der Waals surface area (Å²) in [6.07, 6.45) is 8.56. The molecule has 0 atom stereocenters. The number of imidazole rings is 1. The standard InChI is InChI=1S/C17H20N4O2/c1-2-13-15(14-6-3-4-7-19-14)21(17(23)16(13)22)10-5-9-20-11-8-18-12-20/h3-4,6-8,11-12,22-23H,2,5,9-10H2,1H3. The number of pyridine rings is 1. The maximum absolute atomic E-state index is 10.3. The third-order valence-electron chi connectivity index (χ3n) is 3.93. The van der Waals surface area contributed by atoms with Crippen molar-refractivity contribution in [3.8, 4) is 23.0 Å². The maximum atomic E-state index is 10.3. The zero-order valence-corrected chi connectivity index (χ0v) is 13.1. The van der Waals surface area contributed by atoms with E-state index in [9.17, 15) is 10.2 Å². The lowest BCUT2D eigenvalue weighted by atomic mass is 10.1. The zero-order valence-electron chi connectivity index (χ0n) is 13.1. The predicted octanol–water partition coefficient (Wildman–Crippen LogP) is 2.81. The normalized spacial score (nSPS) is 11.0. The van der Waals surface area contributed by atoms with Crippen molar-refractivity contribution < 1.29 is 10.2 Å². The van der Waals surface area contributed by atoms with Crippen molar-refractivity contribution in [1.29, 1.82) is 0 Å². The van der Waals surface area contributed by atoms with E-state index in [0.29, 0.717) is 13.0 Å². The number of aromatic nitrogens is 4. The predicted molar refractivity (Wildman–Crippen MR) is 87.2 cm³/mol. The second-order valence-corrected chi connectivity index (χ2v) is 5.37. The molecule has 0 aliphatic heterocycles. The lowest BCUT2D eigenvalue weighted by Gasteiger charge is -2.11. The van der Waals surface area contributed by atoms with E-state index >= 15 is 0 Å². The van der Waals surface area contributed by atoms with Crippen LogP contribution in [0.2, 0.25) is 0 Å². The molecule has 3 aromatic heterocycles. The highest BCUT2D eigenvalue weighted by atomic mass is 16.3. The van der Waals surface area contributed by atoms with Crippen molar-refractivity contribution >= 4 is 0 Å². The van der Waals surface area contributed by atoms with E-state index in [4.69, 9.17) is 0 Å². The molecular formula is C17H20N4O2. The Morgan fingerprint density at radius 3 is 2.65 bits per heavy atom. The number of nitrogens with zero attached hydrogens (tertiary/aromatic N) is 4. The number of hydrogen-bond acceptors (Lipinski definition) is 4. The van der Waals surface area contributed by atoms with Crippen LogP contribution in [-0.2, 0) is 19.5 Å². The van der Waals surface area contributed by atoms with Crippen molar-refractivity contribution in [2.75, 3.05) is 0 Å². The Morgan fingerprint density at radius 2 is 2.00 bits per heavy atom. The molecule has 0 saturated carbocycles. The summed E-state index contributed by atoms with van der Waals surface area (Å²) in [6, 6.07) is 5.64. The van der Waals surface area contributed by atoms with E-state index in [1.807, 2.05) is 35.9 Å². The van der Waals surface area contributed by atoms with Crippen molar-refractivity contribution in [2.45, 2.75) is 32.9 Å². The molecule has 6 heteroatoms. The van der Waals surface area contributed by atoms with Crippen molar-refractivity contribution in [1.82, 2.24) is 19.1 Å². The van der Waals surface area contributed by atoms with Crippen LogP contribution in [0.1, 0.15) is 18.9 Å². The molecule has 0 aliphatic rings. The molecule has 0 saturated heterocycles. The van der Waals surface area contributed by atoms with Gasteiger partial charge in [0.1, 0.15) is 0 Å². The second kappa shape index (κ2) is 6.56. The Bertz CT molecular complexity index is 764. The minimum atomic E-state index is -0.0897. The SMILES string of the molecule is CCc1c(O)c(O)n(CCCn2ccnc2)c1-c1ccccn1. The molecule has 0 aromatic carbocycles. The van der Waals surface area contributed by atoms with Crippen LogP contribution in [0.3, 0.4) is 0 Å². The first-order chi connectivity index (χ1) is 11.2. The van der Waals surface area contributed by atoms with E-state index in [0.717, 1.165) is 29.9 Å². The molecule has 0 bridgehead atoms. The number of rotatable bonds is 6. The van der Waals surface area contributed by atoms with Gasteiger partial charge in [0.2, 0.25) is 5.88 Å². The molecule has 0 aliphatic carbocycles. The van der Waals surface area contributed by atoms with Crippen LogP contribution < -0.4 is 0 Å². The Labute approximate surface area is 134 Å². The van der Waals surface area contributed by atoms with Crippen LogP contribution >= 0.6 is 0 Å². The third kappa shape index (κ3) is 2.92. The van der Waals surface area contributed by atoms with E-state index < -0.39 is 0 Å². The molecule has 3 rings (SSSR count). The van der Waals surface area contributed by atoms with Crippen LogP contribution in [0.4, 0.5) is 0 Å². The van der Waals surface area contributed by atoms with Crippen LogP contribution in [-0.4, -0.2) is 29.3 Å². The van der Waals surface area contributed by atoms with Crippen molar-refractivity contribution in [3.63, 3.8) is 0 Å². The highest BCUT2D eigenvalue weighted by Gasteiger charge is 2.22. The summed E-state index contributed by atoms with van der Waals surface area (Å²) in [4.78, 5) is 8.39. The summed E-state index contributed by atoms with van der Waals surface area (Å²) in [6.45, 7) is 3.34. The van der Waals surface area contributed by atoms with Crippen LogP contribution in [0.15, 0.2) is 43.1 Å². The molecule has 0 spiro atoms. The van der Waals surface area contributed by atoms with Crippen molar-refractivity contribution in [2.24, 2.45) is 0 Å². The molecule has 0 unspecified atom stereocenters. The van der Waals surface area contributed by atoms with E-state index in [1.54, 1.807) is 23.3 Å². The van der Waals surface area contributed by atoms with Gasteiger partial charge in [-0.25, -0.2) is 4.98 Å². The zero-order chi connectivity index (χ0) is 16.2. The number of aromatic hydroxyl groups is 2. The molecule has 0 radical (unpaired) electrons. The Morgan fingerprint density at radius 1 is 1.13 bits per heavy atom. The summed E-state index contributed by atoms with van der Waals surface area (Å²) in [5.41, 5.74) is 2.26. The van der Waals surface area contributed by atoms with E-state index in [1.165, 1.54) is 0 Å². The van der Waals surface area contributed by atoms with E-state index in [2.05, 4.69) is 9.97 Å². The second-order valence-electron chi connectivity index (χ2n) is 5.37. The average Bonchev–Trinajstić information content (AvgIpc) is 3.17. The lowest BCUT2D eigenvalue weighted by molar-refractivity contribution is 0.367. The highest BCUT2D eigenvalue weighted by molar-refractivity contribution is 5.68. The summed E-state index contributed by atoms with van der Waals surface area (Å²) >= 11 is 0. The third-order valence-corrected chi connectivity index (χ3v) is 3.93. The molecule has 120 valence electrons. The van der Waals surface area contributed by atoms with Crippen LogP contribution in [0, 0.1) is 0 Å². The molecule has 3 aromatic rings. The van der Waals surface area contributed by atoms with Gasteiger partial charge in [-0.2, -0.15) is 0 Å². The minimum Gasteiger partial charge on any atom is -0.503 e. The van der Waals surface area contributed by atoms with Gasteiger partial charge in [-0.15, -0.1) is 0 Å². The van der Waals surface area contributed by atoms with Gasteiger partial charge in [0, 0.05) is 37.2 Å². The summed E-state index contributed by atoms with van der Waals surface area (Å²) in [7, 11) is 0. The first-order valence-electron chi connectivity index (χ1n) is 7.72. The summed E-state index contributed by atoms with van der Waals surface area (Å²) < 4.78 is 3.73. The highest BCUT2D eigenvalue weighted by Crippen LogP contribution is 2.40. The monoisotopic (exact) mass is 312 g/mol. The Kier molecular flexibility index (Phi) is 4.32. The van der Waals surface area contributed by atoms with Gasteiger partial charge >= 0.3 is 0 Å². The van der Waals surface area contributed by atoms with Gasteiger partial charge in [-0.3, -0.25) is 4.98 Å². The fourth-order valence-electron chi connectivity index (χ4n) is 2.82. The molecule has 2 N–H and O–H groups in total. The fourth-order valence-corrected chi connectivity index (χ4v) is 2.82. The van der Waals surface area contributed by atoms with Gasteiger partial charge in [-0.05, 0) is 25.0 Å². The van der Waals surface area contributed by atoms with Gasteiger partial charge < -0.3 is 19.3 Å². The molecule has 0 fully saturated rings. The molecule has 23 heavy (non-hydrogen) atoms. The topological polar surface area (TPSA) is 76.1 Å². The number of hydrogen-bond donors (Lipinski definition) is 2. The number of aryl methyl sites for hydroxylation is 1. The Hall–Kier alpha value is -2.76. The van der Waals surface area contributed by atoms with Gasteiger partial charge in [0.05, 0.1) is 17.7 Å². The van der Waals surface area contributed by atoms with Gasteiger partial charge in [-0.1, -0.05) is 13.0 Å². The lowest BCUT2D eigenvalue weighted by Crippen LogP contribution is -2.05. The molecule has 6 nitrogen and oxygen atoms in total.